The molecule has 2 aromatic carbocycles. The molecule has 2 N–H and O–H groups in total. The average molecular weight is 656 g/mol. The number of carbonyl (C=O) groups excluding carboxylic acids is 1. The number of thiazole rings is 1. The summed E-state index contributed by atoms with van der Waals surface area (Å²) in [5.41, 5.74) is 4.41. The van der Waals surface area contributed by atoms with Crippen LogP contribution in [0.2, 0.25) is 0 Å². The van der Waals surface area contributed by atoms with Gasteiger partial charge in [0, 0.05) is 55.2 Å². The van der Waals surface area contributed by atoms with E-state index in [-0.39, 0.29) is 55.1 Å². The number of hydrogen-bond donors (Lipinski definition) is 1. The van der Waals surface area contributed by atoms with Gasteiger partial charge in [-0.15, -0.1) is 0 Å². The van der Waals surface area contributed by atoms with Crippen LogP contribution in [0.25, 0.3) is 32.2 Å². The summed E-state index contributed by atoms with van der Waals surface area (Å²) < 4.78 is 68.8. The number of benzene rings is 2. The summed E-state index contributed by atoms with van der Waals surface area (Å²) in [7, 11) is 0. The molecule has 2 aromatic heterocycles. The monoisotopic (exact) mass is 655 g/mol. The first-order valence-electron chi connectivity index (χ1n) is 15.3. The maximum absolute atomic E-state index is 17.0. The lowest BCUT2D eigenvalue weighted by atomic mass is 9.92. The molecule has 3 aliphatic rings. The van der Waals surface area contributed by atoms with Crippen molar-refractivity contribution in [1.29, 1.82) is 0 Å². The summed E-state index contributed by atoms with van der Waals surface area (Å²) in [5.74, 6) is -5.16. The van der Waals surface area contributed by atoms with Crippen molar-refractivity contribution in [1.82, 2.24) is 24.8 Å². The molecule has 4 aromatic rings. The standard InChI is InChI=1S/C32H33F4N7O2S/c1-3-22(44)41-12-14-42(15-13-41)28-19-16-20(31(2,35)36)23(18-6-7-21(33)27-26(18)38-29(37)46-27)24(34)25(19)39-30(40-28)45-17-32-8-4-10-43(32)11-5-9-32/h3,6-7,16H,1,4-5,8-15,17H2,2H3,(H2,37,38). The Labute approximate surface area is 266 Å². The van der Waals surface area contributed by atoms with Crippen LogP contribution in [0.1, 0.15) is 38.2 Å². The van der Waals surface area contributed by atoms with Gasteiger partial charge in [0.05, 0.1) is 15.8 Å². The molecule has 3 fully saturated rings. The third-order valence-corrected chi connectivity index (χ3v) is 10.4. The molecular formula is C32H33F4N7O2S. The molecule has 0 bridgehead atoms. The Bertz CT molecular complexity index is 1860. The van der Waals surface area contributed by atoms with Gasteiger partial charge in [-0.2, -0.15) is 9.97 Å². The van der Waals surface area contributed by atoms with Crippen LogP contribution in [-0.2, 0) is 10.7 Å². The fraction of sp³-hybridized carbons (Fsp3) is 0.438. The van der Waals surface area contributed by atoms with Crippen LogP contribution in [-0.4, -0.2) is 82.1 Å². The Morgan fingerprint density at radius 1 is 1.09 bits per heavy atom. The molecule has 9 nitrogen and oxygen atoms in total. The van der Waals surface area contributed by atoms with Gasteiger partial charge in [0.1, 0.15) is 23.8 Å². The number of piperazine rings is 1. The molecule has 14 heteroatoms. The lowest BCUT2D eigenvalue weighted by Crippen LogP contribution is -2.48. The van der Waals surface area contributed by atoms with E-state index < -0.39 is 28.7 Å². The Morgan fingerprint density at radius 3 is 2.48 bits per heavy atom. The predicted molar refractivity (Wildman–Crippen MR) is 169 cm³/mol. The van der Waals surface area contributed by atoms with Gasteiger partial charge in [-0.25, -0.2) is 22.5 Å². The Balaban J connectivity index is 1.40. The number of ether oxygens (including phenoxy) is 1. The van der Waals surface area contributed by atoms with E-state index in [4.69, 9.17) is 10.5 Å². The molecule has 1 amide bonds. The van der Waals surface area contributed by atoms with Gasteiger partial charge in [0.15, 0.2) is 10.9 Å². The first kappa shape index (κ1) is 30.6. The van der Waals surface area contributed by atoms with E-state index in [1.807, 2.05) is 4.90 Å². The summed E-state index contributed by atoms with van der Waals surface area (Å²) in [6.45, 7) is 7.83. The lowest BCUT2D eigenvalue weighted by molar-refractivity contribution is -0.126. The Morgan fingerprint density at radius 2 is 1.80 bits per heavy atom. The van der Waals surface area contributed by atoms with Gasteiger partial charge in [-0.1, -0.05) is 17.9 Å². The summed E-state index contributed by atoms with van der Waals surface area (Å²) in [5, 5.41) is 0.0975. The third kappa shape index (κ3) is 5.11. The van der Waals surface area contributed by atoms with E-state index in [0.717, 1.165) is 56.2 Å². The molecular weight excluding hydrogens is 622 g/mol. The second kappa shape index (κ2) is 11.3. The van der Waals surface area contributed by atoms with Crippen LogP contribution >= 0.6 is 11.3 Å². The van der Waals surface area contributed by atoms with Crippen LogP contribution in [0, 0.1) is 11.6 Å². The third-order valence-electron chi connectivity index (χ3n) is 9.49. The molecule has 7 rings (SSSR count). The highest BCUT2D eigenvalue weighted by Gasteiger charge is 2.45. The average Bonchev–Trinajstić information content (AvgIpc) is 3.74. The van der Waals surface area contributed by atoms with Crippen molar-refractivity contribution in [2.24, 2.45) is 0 Å². The maximum atomic E-state index is 17.0. The van der Waals surface area contributed by atoms with Crippen molar-refractivity contribution in [2.75, 3.05) is 56.5 Å². The molecule has 3 aliphatic heterocycles. The first-order valence-corrected chi connectivity index (χ1v) is 16.1. The van der Waals surface area contributed by atoms with Gasteiger partial charge in [0.25, 0.3) is 5.92 Å². The van der Waals surface area contributed by atoms with E-state index in [2.05, 4.69) is 26.4 Å². The number of alkyl halides is 2. The highest BCUT2D eigenvalue weighted by Crippen LogP contribution is 2.46. The molecule has 3 saturated heterocycles. The number of anilines is 2. The fourth-order valence-electron chi connectivity index (χ4n) is 7.23. The first-order chi connectivity index (χ1) is 22.0. The highest BCUT2D eigenvalue weighted by molar-refractivity contribution is 7.22. The molecule has 242 valence electrons. The zero-order chi connectivity index (χ0) is 32.4. The quantitative estimate of drug-likeness (QED) is 0.199. The molecule has 0 radical (unpaired) electrons. The van der Waals surface area contributed by atoms with Crippen molar-refractivity contribution in [2.45, 2.75) is 44.1 Å². The molecule has 5 heterocycles. The van der Waals surface area contributed by atoms with Gasteiger partial charge < -0.3 is 20.3 Å². The summed E-state index contributed by atoms with van der Waals surface area (Å²) in [4.78, 5) is 31.4. The molecule has 0 atom stereocenters. The number of nitrogen functional groups attached to an aromatic ring is 1. The molecule has 46 heavy (non-hydrogen) atoms. The van der Waals surface area contributed by atoms with Crippen molar-refractivity contribution in [3.8, 4) is 17.1 Å². The number of fused-ring (bicyclic) bond motifs is 3. The predicted octanol–water partition coefficient (Wildman–Crippen LogP) is 5.72. The Hall–Kier alpha value is -4.04. The van der Waals surface area contributed by atoms with Crippen LogP contribution in [0.5, 0.6) is 6.01 Å². The Kier molecular flexibility index (Phi) is 7.54. The zero-order valence-electron chi connectivity index (χ0n) is 25.3. The number of hydrogen-bond acceptors (Lipinski definition) is 9. The normalized spacial score (nSPS) is 18.5. The lowest BCUT2D eigenvalue weighted by Gasteiger charge is -2.36. The van der Waals surface area contributed by atoms with Crippen molar-refractivity contribution in [3.05, 3.63) is 48.1 Å². The van der Waals surface area contributed by atoms with Crippen LogP contribution in [0.15, 0.2) is 30.9 Å². The topological polar surface area (TPSA) is 101 Å². The van der Waals surface area contributed by atoms with Gasteiger partial charge in [-0.3, -0.25) is 9.69 Å². The maximum Gasteiger partial charge on any atom is 0.319 e. The second-order valence-electron chi connectivity index (χ2n) is 12.3. The second-order valence-corrected chi connectivity index (χ2v) is 13.3. The summed E-state index contributed by atoms with van der Waals surface area (Å²) >= 11 is 0.855. The number of nitrogens with two attached hydrogens (primary N) is 1. The molecule has 0 saturated carbocycles. The summed E-state index contributed by atoms with van der Waals surface area (Å²) in [6, 6.07) is 3.46. The molecule has 0 unspecified atom stereocenters. The number of halogens is 4. The number of amides is 1. The SMILES string of the molecule is C=CC(=O)N1CCN(c2nc(OCC34CCCN3CCC4)nc3c(F)c(-c4ccc(F)c5sc(N)nc45)c(C(C)(F)F)cc23)CC1. The van der Waals surface area contributed by atoms with E-state index >= 15 is 13.2 Å². The molecule has 0 aliphatic carbocycles. The minimum Gasteiger partial charge on any atom is -0.461 e. The number of aromatic nitrogens is 3. The van der Waals surface area contributed by atoms with Gasteiger partial charge >= 0.3 is 6.01 Å². The van der Waals surface area contributed by atoms with E-state index in [1.54, 1.807) is 4.90 Å². The highest BCUT2D eigenvalue weighted by atomic mass is 32.1. The van der Waals surface area contributed by atoms with Crippen LogP contribution in [0.4, 0.5) is 28.5 Å². The number of carbonyl (C=O) groups is 1. The van der Waals surface area contributed by atoms with Crippen molar-refractivity contribution in [3.63, 3.8) is 0 Å². The number of rotatable bonds is 7. The van der Waals surface area contributed by atoms with E-state index in [9.17, 15) is 9.18 Å². The van der Waals surface area contributed by atoms with Gasteiger partial charge in [0.2, 0.25) is 5.91 Å². The summed E-state index contributed by atoms with van der Waals surface area (Å²) in [6.07, 6.45) is 5.29. The molecule has 0 spiro atoms. The minimum atomic E-state index is -3.51. The van der Waals surface area contributed by atoms with E-state index in [1.165, 1.54) is 18.2 Å². The van der Waals surface area contributed by atoms with Crippen LogP contribution in [0.3, 0.4) is 0 Å². The number of nitrogens with zero attached hydrogens (tertiary/aromatic N) is 6. The fourth-order valence-corrected chi connectivity index (χ4v) is 7.99. The smallest absolute Gasteiger partial charge is 0.319 e. The largest absolute Gasteiger partial charge is 0.461 e. The van der Waals surface area contributed by atoms with Crippen LogP contribution < -0.4 is 15.4 Å². The van der Waals surface area contributed by atoms with Crippen molar-refractivity contribution < 1.29 is 27.1 Å². The van der Waals surface area contributed by atoms with Gasteiger partial charge in [-0.05, 0) is 63.0 Å². The zero-order valence-corrected chi connectivity index (χ0v) is 26.1. The minimum absolute atomic E-state index is 0.0123. The van der Waals surface area contributed by atoms with E-state index in [0.29, 0.717) is 39.7 Å². The van der Waals surface area contributed by atoms with Crippen molar-refractivity contribution >= 4 is 49.3 Å².